The molecule has 0 aliphatic rings. The maximum absolute atomic E-state index is 13.3. The first-order valence-electron chi connectivity index (χ1n) is 5.55. The smallest absolute Gasteiger partial charge is 0.125 e. The zero-order valence-electron chi connectivity index (χ0n) is 10.4. The van der Waals surface area contributed by atoms with E-state index in [2.05, 4.69) is 20.8 Å². The topological polar surface area (TPSA) is 23.5 Å². The number of halogens is 1. The van der Waals surface area contributed by atoms with Crippen LogP contribution in [0.1, 0.15) is 32.8 Å². The van der Waals surface area contributed by atoms with Gasteiger partial charge in [0.05, 0.1) is 6.61 Å². The Balaban J connectivity index is 3.08. The van der Waals surface area contributed by atoms with Crippen molar-refractivity contribution < 1.29 is 9.50 Å². The van der Waals surface area contributed by atoms with Crippen LogP contribution in [0.5, 0.6) is 0 Å². The summed E-state index contributed by atoms with van der Waals surface area (Å²) in [5, 5.41) is 9.04. The normalized spacial score (nSPS) is 11.6. The standard InChI is InChI=1S/C13H20FNO/c1-5-13(2,3)15(4)12-7-10(9-16)6-11(14)8-12/h6-8,16H,5,9H2,1-4H3. The lowest BCUT2D eigenvalue weighted by Gasteiger charge is -2.37. The van der Waals surface area contributed by atoms with E-state index in [4.69, 9.17) is 5.11 Å². The Kier molecular flexibility index (Phi) is 3.92. The summed E-state index contributed by atoms with van der Waals surface area (Å²) in [6.07, 6.45) is 0.967. The van der Waals surface area contributed by atoms with Crippen molar-refractivity contribution in [1.29, 1.82) is 0 Å². The summed E-state index contributed by atoms with van der Waals surface area (Å²) in [4.78, 5) is 2.04. The summed E-state index contributed by atoms with van der Waals surface area (Å²) < 4.78 is 13.3. The van der Waals surface area contributed by atoms with Crippen molar-refractivity contribution in [1.82, 2.24) is 0 Å². The molecule has 0 amide bonds. The van der Waals surface area contributed by atoms with Crippen molar-refractivity contribution in [3.05, 3.63) is 29.6 Å². The summed E-state index contributed by atoms with van der Waals surface area (Å²) in [6, 6.07) is 4.67. The molecule has 0 spiro atoms. The van der Waals surface area contributed by atoms with Crippen molar-refractivity contribution in [3.8, 4) is 0 Å². The zero-order chi connectivity index (χ0) is 12.3. The predicted molar refractivity (Wildman–Crippen MR) is 65.1 cm³/mol. The van der Waals surface area contributed by atoms with Crippen LogP contribution in [-0.2, 0) is 6.61 Å². The van der Waals surface area contributed by atoms with Crippen LogP contribution in [0, 0.1) is 5.82 Å². The van der Waals surface area contributed by atoms with Gasteiger partial charge in [-0.15, -0.1) is 0 Å². The fraction of sp³-hybridized carbons (Fsp3) is 0.538. The molecule has 3 heteroatoms. The van der Waals surface area contributed by atoms with E-state index in [0.717, 1.165) is 12.1 Å². The molecule has 2 nitrogen and oxygen atoms in total. The van der Waals surface area contributed by atoms with Gasteiger partial charge < -0.3 is 10.0 Å². The molecule has 0 atom stereocenters. The van der Waals surface area contributed by atoms with Crippen molar-refractivity contribution in [2.75, 3.05) is 11.9 Å². The van der Waals surface area contributed by atoms with Crippen LogP contribution < -0.4 is 4.90 Å². The Morgan fingerprint density at radius 2 is 1.94 bits per heavy atom. The molecule has 0 bridgehead atoms. The fourth-order valence-corrected chi connectivity index (χ4v) is 1.50. The highest BCUT2D eigenvalue weighted by molar-refractivity contribution is 5.50. The molecule has 0 heterocycles. The molecule has 1 aromatic carbocycles. The SMILES string of the molecule is CCC(C)(C)N(C)c1cc(F)cc(CO)c1. The largest absolute Gasteiger partial charge is 0.392 e. The molecular formula is C13H20FNO. The maximum Gasteiger partial charge on any atom is 0.125 e. The van der Waals surface area contributed by atoms with E-state index in [9.17, 15) is 4.39 Å². The number of anilines is 1. The summed E-state index contributed by atoms with van der Waals surface area (Å²) in [7, 11) is 1.94. The van der Waals surface area contributed by atoms with Gasteiger partial charge in [-0.25, -0.2) is 4.39 Å². The van der Waals surface area contributed by atoms with Gasteiger partial charge in [-0.05, 0) is 44.0 Å². The molecule has 0 aliphatic carbocycles. The molecule has 16 heavy (non-hydrogen) atoms. The van der Waals surface area contributed by atoms with E-state index in [-0.39, 0.29) is 18.0 Å². The monoisotopic (exact) mass is 225 g/mol. The highest BCUT2D eigenvalue weighted by atomic mass is 19.1. The molecule has 90 valence electrons. The third kappa shape index (κ3) is 2.73. The van der Waals surface area contributed by atoms with E-state index >= 15 is 0 Å². The second-order valence-electron chi connectivity index (χ2n) is 4.70. The molecule has 1 N–H and O–H groups in total. The molecule has 0 radical (unpaired) electrons. The second-order valence-corrected chi connectivity index (χ2v) is 4.70. The van der Waals surface area contributed by atoms with E-state index in [1.807, 2.05) is 18.0 Å². The fourth-order valence-electron chi connectivity index (χ4n) is 1.50. The molecule has 0 aliphatic heterocycles. The Hall–Kier alpha value is -1.09. The third-order valence-corrected chi connectivity index (χ3v) is 3.29. The quantitative estimate of drug-likeness (QED) is 0.851. The van der Waals surface area contributed by atoms with E-state index < -0.39 is 0 Å². The van der Waals surface area contributed by atoms with Crippen molar-refractivity contribution in [3.63, 3.8) is 0 Å². The molecule has 0 saturated carbocycles. The average molecular weight is 225 g/mol. The summed E-state index contributed by atoms with van der Waals surface area (Å²) in [6.45, 7) is 6.18. The molecule has 0 fully saturated rings. The van der Waals surface area contributed by atoms with Crippen molar-refractivity contribution in [2.45, 2.75) is 39.3 Å². The first kappa shape index (κ1) is 13.0. The van der Waals surface area contributed by atoms with Gasteiger partial charge in [-0.3, -0.25) is 0 Å². The van der Waals surface area contributed by atoms with E-state index in [1.54, 1.807) is 0 Å². The van der Waals surface area contributed by atoms with Gasteiger partial charge in [0.15, 0.2) is 0 Å². The lowest BCUT2D eigenvalue weighted by molar-refractivity contribution is 0.281. The molecule has 0 unspecified atom stereocenters. The van der Waals surface area contributed by atoms with E-state index in [0.29, 0.717) is 5.56 Å². The molecule has 0 saturated heterocycles. The van der Waals surface area contributed by atoms with Crippen LogP contribution in [0.25, 0.3) is 0 Å². The van der Waals surface area contributed by atoms with Gasteiger partial charge in [0.1, 0.15) is 5.82 Å². The number of aliphatic hydroxyl groups excluding tert-OH is 1. The minimum atomic E-state index is -0.305. The molecule has 0 aromatic heterocycles. The number of hydrogen-bond acceptors (Lipinski definition) is 2. The molecule has 1 rings (SSSR count). The number of rotatable bonds is 4. The summed E-state index contributed by atoms with van der Waals surface area (Å²) >= 11 is 0. The van der Waals surface area contributed by atoms with Crippen LogP contribution in [0.3, 0.4) is 0 Å². The minimum Gasteiger partial charge on any atom is -0.392 e. The van der Waals surface area contributed by atoms with Crippen LogP contribution in [-0.4, -0.2) is 17.7 Å². The Morgan fingerprint density at radius 3 is 2.44 bits per heavy atom. The minimum absolute atomic E-state index is 0.0273. The summed E-state index contributed by atoms with van der Waals surface area (Å²) in [5.74, 6) is -0.305. The summed E-state index contributed by atoms with van der Waals surface area (Å²) in [5.41, 5.74) is 1.38. The number of aliphatic hydroxyl groups is 1. The van der Waals surface area contributed by atoms with Crippen molar-refractivity contribution >= 4 is 5.69 Å². The first-order valence-corrected chi connectivity index (χ1v) is 5.55. The number of benzene rings is 1. The van der Waals surface area contributed by atoms with Crippen LogP contribution in [0.15, 0.2) is 18.2 Å². The van der Waals surface area contributed by atoms with Crippen molar-refractivity contribution in [2.24, 2.45) is 0 Å². The van der Waals surface area contributed by atoms with Crippen LogP contribution in [0.4, 0.5) is 10.1 Å². The van der Waals surface area contributed by atoms with Gasteiger partial charge in [0.25, 0.3) is 0 Å². The highest BCUT2D eigenvalue weighted by Crippen LogP contribution is 2.26. The van der Waals surface area contributed by atoms with Crippen LogP contribution in [0.2, 0.25) is 0 Å². The van der Waals surface area contributed by atoms with Crippen LogP contribution >= 0.6 is 0 Å². The maximum atomic E-state index is 13.3. The Bertz CT molecular complexity index is 363. The van der Waals surface area contributed by atoms with Gasteiger partial charge in [-0.1, -0.05) is 6.92 Å². The lowest BCUT2D eigenvalue weighted by atomic mass is 9.99. The van der Waals surface area contributed by atoms with E-state index in [1.165, 1.54) is 12.1 Å². The highest BCUT2D eigenvalue weighted by Gasteiger charge is 2.21. The zero-order valence-corrected chi connectivity index (χ0v) is 10.4. The third-order valence-electron chi connectivity index (χ3n) is 3.29. The van der Waals surface area contributed by atoms with Gasteiger partial charge >= 0.3 is 0 Å². The number of nitrogens with zero attached hydrogens (tertiary/aromatic N) is 1. The first-order chi connectivity index (χ1) is 7.40. The predicted octanol–water partition coefficient (Wildman–Crippen LogP) is 2.94. The Morgan fingerprint density at radius 1 is 1.31 bits per heavy atom. The van der Waals surface area contributed by atoms with Gasteiger partial charge in [0.2, 0.25) is 0 Å². The second kappa shape index (κ2) is 4.83. The number of hydrogen-bond donors (Lipinski definition) is 1. The van der Waals surface area contributed by atoms with Gasteiger partial charge in [0, 0.05) is 18.3 Å². The molecular weight excluding hydrogens is 205 g/mol. The Labute approximate surface area is 96.7 Å². The van der Waals surface area contributed by atoms with Gasteiger partial charge in [-0.2, -0.15) is 0 Å². The average Bonchev–Trinajstić information content (AvgIpc) is 2.27. The lowest BCUT2D eigenvalue weighted by Crippen LogP contribution is -2.40. The molecule has 1 aromatic rings.